The summed E-state index contributed by atoms with van der Waals surface area (Å²) in [5.74, 6) is -0.764. The predicted octanol–water partition coefficient (Wildman–Crippen LogP) is 1.99. The zero-order chi connectivity index (χ0) is 10.6. The van der Waals surface area contributed by atoms with E-state index in [1.54, 1.807) is 0 Å². The van der Waals surface area contributed by atoms with E-state index in [2.05, 4.69) is 0 Å². The van der Waals surface area contributed by atoms with E-state index in [-0.39, 0.29) is 12.5 Å². The molecule has 0 heterocycles. The van der Waals surface area contributed by atoms with Gasteiger partial charge in [0, 0.05) is 18.8 Å². The fourth-order valence-electron chi connectivity index (χ4n) is 1.31. The smallest absolute Gasteiger partial charge is 0.305 e. The van der Waals surface area contributed by atoms with E-state index in [1.807, 2.05) is 49.2 Å². The molecule has 1 N–H and O–H groups in total. The van der Waals surface area contributed by atoms with Crippen molar-refractivity contribution in [3.05, 3.63) is 30.3 Å². The van der Waals surface area contributed by atoms with Crippen LogP contribution in [0.5, 0.6) is 0 Å². The zero-order valence-electron chi connectivity index (χ0n) is 8.47. The Labute approximate surface area is 84.0 Å². The summed E-state index contributed by atoms with van der Waals surface area (Å²) in [4.78, 5) is 12.5. The normalized spacial score (nSPS) is 12.1. The highest BCUT2D eigenvalue weighted by atomic mass is 16.4. The fourth-order valence-corrected chi connectivity index (χ4v) is 1.31. The van der Waals surface area contributed by atoms with Gasteiger partial charge in [0.05, 0.1) is 6.42 Å². The maximum Gasteiger partial charge on any atom is 0.305 e. The molecule has 0 amide bonds. The largest absolute Gasteiger partial charge is 0.481 e. The van der Waals surface area contributed by atoms with Crippen molar-refractivity contribution in [3.63, 3.8) is 0 Å². The van der Waals surface area contributed by atoms with Crippen molar-refractivity contribution in [2.24, 2.45) is 0 Å². The van der Waals surface area contributed by atoms with Gasteiger partial charge in [0.1, 0.15) is 0 Å². The number of para-hydroxylation sites is 1. The van der Waals surface area contributed by atoms with Gasteiger partial charge in [-0.1, -0.05) is 18.2 Å². The molecule has 0 fully saturated rings. The first kappa shape index (κ1) is 10.6. The van der Waals surface area contributed by atoms with Crippen LogP contribution in [0.15, 0.2) is 30.3 Å². The van der Waals surface area contributed by atoms with Gasteiger partial charge in [0.25, 0.3) is 0 Å². The SMILES string of the molecule is C[C@@H](CC(=O)O)N(C)c1ccccc1. The topological polar surface area (TPSA) is 40.5 Å². The van der Waals surface area contributed by atoms with E-state index < -0.39 is 5.97 Å². The summed E-state index contributed by atoms with van der Waals surface area (Å²) in [6, 6.07) is 9.78. The number of anilines is 1. The van der Waals surface area contributed by atoms with Gasteiger partial charge in [0.15, 0.2) is 0 Å². The van der Waals surface area contributed by atoms with Crippen LogP contribution in [-0.4, -0.2) is 24.2 Å². The summed E-state index contributed by atoms with van der Waals surface area (Å²) in [6.45, 7) is 1.90. The number of nitrogens with zero attached hydrogens (tertiary/aromatic N) is 1. The summed E-state index contributed by atoms with van der Waals surface area (Å²) in [6.07, 6.45) is 0.158. The number of carboxylic acids is 1. The first-order valence-electron chi connectivity index (χ1n) is 4.61. The lowest BCUT2D eigenvalue weighted by atomic mass is 10.2. The summed E-state index contributed by atoms with van der Waals surface area (Å²) in [7, 11) is 1.91. The third-order valence-electron chi connectivity index (χ3n) is 2.29. The molecule has 0 aliphatic rings. The predicted molar refractivity (Wildman–Crippen MR) is 56.6 cm³/mol. The van der Waals surface area contributed by atoms with Crippen molar-refractivity contribution in [1.82, 2.24) is 0 Å². The van der Waals surface area contributed by atoms with Crippen LogP contribution in [0.3, 0.4) is 0 Å². The van der Waals surface area contributed by atoms with Crippen LogP contribution in [0.1, 0.15) is 13.3 Å². The number of carbonyl (C=O) groups is 1. The van der Waals surface area contributed by atoms with E-state index >= 15 is 0 Å². The van der Waals surface area contributed by atoms with Gasteiger partial charge in [-0.2, -0.15) is 0 Å². The van der Waals surface area contributed by atoms with Crippen molar-refractivity contribution in [3.8, 4) is 0 Å². The Bertz CT molecular complexity index is 297. The molecule has 14 heavy (non-hydrogen) atoms. The molecule has 0 saturated heterocycles. The van der Waals surface area contributed by atoms with Crippen molar-refractivity contribution in [1.29, 1.82) is 0 Å². The lowest BCUT2D eigenvalue weighted by molar-refractivity contribution is -0.137. The highest BCUT2D eigenvalue weighted by Gasteiger charge is 2.12. The molecular formula is C11H15NO2. The molecule has 0 unspecified atom stereocenters. The molecule has 1 atom stereocenters. The van der Waals surface area contributed by atoms with Crippen LogP contribution >= 0.6 is 0 Å². The molecule has 0 aromatic heterocycles. The number of hydrogen-bond donors (Lipinski definition) is 1. The quantitative estimate of drug-likeness (QED) is 0.795. The van der Waals surface area contributed by atoms with Gasteiger partial charge >= 0.3 is 5.97 Å². The van der Waals surface area contributed by atoms with E-state index in [1.165, 1.54) is 0 Å². The minimum absolute atomic E-state index is 0.00917. The van der Waals surface area contributed by atoms with Gasteiger partial charge in [-0.05, 0) is 19.1 Å². The Balaban J connectivity index is 2.65. The first-order valence-corrected chi connectivity index (χ1v) is 4.61. The Morgan fingerprint density at radius 3 is 2.50 bits per heavy atom. The highest BCUT2D eigenvalue weighted by molar-refractivity contribution is 5.68. The molecule has 1 aromatic carbocycles. The molecule has 0 bridgehead atoms. The van der Waals surface area contributed by atoms with Crippen molar-refractivity contribution < 1.29 is 9.90 Å². The van der Waals surface area contributed by atoms with Crippen molar-refractivity contribution in [2.45, 2.75) is 19.4 Å². The Hall–Kier alpha value is -1.51. The zero-order valence-corrected chi connectivity index (χ0v) is 8.47. The molecule has 0 spiro atoms. The van der Waals surface area contributed by atoms with Crippen LogP contribution in [0, 0.1) is 0 Å². The van der Waals surface area contributed by atoms with Crippen LogP contribution in [0.2, 0.25) is 0 Å². The van der Waals surface area contributed by atoms with Gasteiger partial charge in [0.2, 0.25) is 0 Å². The van der Waals surface area contributed by atoms with Gasteiger partial charge in [-0.3, -0.25) is 4.79 Å². The molecular weight excluding hydrogens is 178 g/mol. The number of carboxylic acid groups (broad SMARTS) is 1. The number of rotatable bonds is 4. The van der Waals surface area contributed by atoms with Gasteiger partial charge in [-0.15, -0.1) is 0 Å². The summed E-state index contributed by atoms with van der Waals surface area (Å²) >= 11 is 0. The van der Waals surface area contributed by atoms with Gasteiger partial charge < -0.3 is 10.0 Å². The first-order chi connectivity index (χ1) is 6.61. The number of aliphatic carboxylic acids is 1. The third-order valence-corrected chi connectivity index (χ3v) is 2.29. The van der Waals surface area contributed by atoms with Crippen LogP contribution in [0.25, 0.3) is 0 Å². The van der Waals surface area contributed by atoms with Crippen molar-refractivity contribution in [2.75, 3.05) is 11.9 Å². The Morgan fingerprint density at radius 2 is 2.00 bits per heavy atom. The monoisotopic (exact) mass is 193 g/mol. The molecule has 3 heteroatoms. The molecule has 0 aliphatic carbocycles. The van der Waals surface area contributed by atoms with Crippen LogP contribution < -0.4 is 4.90 Å². The molecule has 1 aromatic rings. The van der Waals surface area contributed by atoms with E-state index in [0.29, 0.717) is 0 Å². The maximum absolute atomic E-state index is 10.5. The maximum atomic E-state index is 10.5. The average molecular weight is 193 g/mol. The minimum Gasteiger partial charge on any atom is -0.481 e. The lowest BCUT2D eigenvalue weighted by Crippen LogP contribution is -2.30. The second-order valence-corrected chi connectivity index (χ2v) is 3.39. The molecule has 76 valence electrons. The lowest BCUT2D eigenvalue weighted by Gasteiger charge is -2.25. The average Bonchev–Trinajstić information content (AvgIpc) is 2.17. The van der Waals surface area contributed by atoms with Crippen LogP contribution in [0.4, 0.5) is 5.69 Å². The minimum atomic E-state index is -0.764. The summed E-state index contributed by atoms with van der Waals surface area (Å²) < 4.78 is 0. The van der Waals surface area contributed by atoms with E-state index in [9.17, 15) is 4.79 Å². The number of hydrogen-bond acceptors (Lipinski definition) is 2. The summed E-state index contributed by atoms with van der Waals surface area (Å²) in [5.41, 5.74) is 1.04. The third kappa shape index (κ3) is 2.76. The second-order valence-electron chi connectivity index (χ2n) is 3.39. The van der Waals surface area contributed by atoms with Gasteiger partial charge in [-0.25, -0.2) is 0 Å². The highest BCUT2D eigenvalue weighted by Crippen LogP contribution is 2.15. The molecule has 3 nitrogen and oxygen atoms in total. The molecule has 0 aliphatic heterocycles. The second kappa shape index (κ2) is 4.65. The molecule has 0 radical (unpaired) electrons. The van der Waals surface area contributed by atoms with E-state index in [0.717, 1.165) is 5.69 Å². The summed E-state index contributed by atoms with van der Waals surface area (Å²) in [5, 5.41) is 8.65. The standard InChI is InChI=1S/C11H15NO2/c1-9(8-11(13)14)12(2)10-6-4-3-5-7-10/h3-7,9H,8H2,1-2H3,(H,13,14)/t9-/m0/s1. The number of benzene rings is 1. The fraction of sp³-hybridized carbons (Fsp3) is 0.364. The Morgan fingerprint density at radius 1 is 1.43 bits per heavy atom. The van der Waals surface area contributed by atoms with Crippen LogP contribution in [-0.2, 0) is 4.79 Å². The van der Waals surface area contributed by atoms with E-state index in [4.69, 9.17) is 5.11 Å². The van der Waals surface area contributed by atoms with Crippen molar-refractivity contribution >= 4 is 11.7 Å². The Kier molecular flexibility index (Phi) is 3.51. The molecule has 0 saturated carbocycles. The molecule has 1 rings (SSSR count).